The van der Waals surface area contributed by atoms with E-state index in [4.69, 9.17) is 0 Å². The molecule has 30 heavy (non-hydrogen) atoms. The van der Waals surface area contributed by atoms with Crippen LogP contribution >= 0.6 is 0 Å². The molecule has 0 aliphatic heterocycles. The van der Waals surface area contributed by atoms with Crippen LogP contribution in [0.25, 0.3) is 27.8 Å². The fourth-order valence-electron chi connectivity index (χ4n) is 4.04. The first-order valence-corrected chi connectivity index (χ1v) is 9.68. The first-order chi connectivity index (χ1) is 14.4. The number of hydrogen-bond acceptors (Lipinski definition) is 3. The molecule has 8 heteroatoms. The van der Waals surface area contributed by atoms with E-state index in [-0.39, 0.29) is 11.3 Å². The number of aromatic amines is 1. The van der Waals surface area contributed by atoms with Crippen LogP contribution < -0.4 is 5.56 Å². The molecule has 1 aliphatic rings. The first kappa shape index (κ1) is 18.6. The molecule has 5 nitrogen and oxygen atoms in total. The zero-order chi connectivity index (χ0) is 20.9. The maximum atomic E-state index is 12.7. The van der Waals surface area contributed by atoms with Gasteiger partial charge in [-0.3, -0.25) is 9.36 Å². The van der Waals surface area contributed by atoms with Crippen molar-refractivity contribution in [3.05, 3.63) is 76.0 Å². The highest BCUT2D eigenvalue weighted by Gasteiger charge is 2.32. The van der Waals surface area contributed by atoms with Gasteiger partial charge in [0.05, 0.1) is 11.4 Å². The second kappa shape index (κ2) is 6.83. The summed E-state index contributed by atoms with van der Waals surface area (Å²) in [4.78, 5) is 16.2. The fourth-order valence-corrected chi connectivity index (χ4v) is 4.04. The summed E-state index contributed by atoms with van der Waals surface area (Å²) < 4.78 is 39.5. The molecule has 0 radical (unpaired) electrons. The molecule has 1 N–H and O–H groups in total. The predicted molar refractivity (Wildman–Crippen MR) is 107 cm³/mol. The van der Waals surface area contributed by atoms with Gasteiger partial charge in [-0.2, -0.15) is 13.2 Å². The second-order valence-electron chi connectivity index (χ2n) is 7.44. The summed E-state index contributed by atoms with van der Waals surface area (Å²) in [5, 5.41) is 8.02. The molecule has 0 amide bonds. The van der Waals surface area contributed by atoms with Gasteiger partial charge in [-0.15, -0.1) is 10.2 Å². The van der Waals surface area contributed by atoms with Gasteiger partial charge in [-0.05, 0) is 61.6 Å². The van der Waals surface area contributed by atoms with Crippen molar-refractivity contribution in [2.45, 2.75) is 31.9 Å². The third-order valence-electron chi connectivity index (χ3n) is 5.53. The third kappa shape index (κ3) is 3.18. The predicted octanol–water partition coefficient (Wildman–Crippen LogP) is 4.67. The molecular formula is C22H17F3N4O. The summed E-state index contributed by atoms with van der Waals surface area (Å²) in [6, 6.07) is 11.0. The van der Waals surface area contributed by atoms with Gasteiger partial charge >= 0.3 is 6.18 Å². The van der Waals surface area contributed by atoms with Crippen LogP contribution in [0.15, 0.2) is 53.5 Å². The number of hydrogen-bond donors (Lipinski definition) is 1. The smallest absolute Gasteiger partial charge is 0.358 e. The number of H-pyrrole nitrogens is 1. The largest absolute Gasteiger partial charge is 0.435 e. The lowest BCUT2D eigenvalue weighted by atomic mass is 9.96. The molecule has 0 unspecified atom stereocenters. The number of alkyl halides is 3. The first-order valence-electron chi connectivity index (χ1n) is 9.68. The monoisotopic (exact) mass is 410 g/mol. The van der Waals surface area contributed by atoms with Crippen molar-refractivity contribution in [3.63, 3.8) is 0 Å². The summed E-state index contributed by atoms with van der Waals surface area (Å²) in [6.45, 7) is 0. The summed E-state index contributed by atoms with van der Waals surface area (Å²) >= 11 is 0. The van der Waals surface area contributed by atoms with Crippen LogP contribution in [0.2, 0.25) is 0 Å². The Balaban J connectivity index is 1.50. The average Bonchev–Trinajstić information content (AvgIpc) is 3.11. The van der Waals surface area contributed by atoms with Gasteiger partial charge in [-0.25, -0.2) is 0 Å². The Labute approximate surface area is 169 Å². The molecule has 152 valence electrons. The quantitative estimate of drug-likeness (QED) is 0.522. The maximum Gasteiger partial charge on any atom is 0.435 e. The van der Waals surface area contributed by atoms with Gasteiger partial charge in [0, 0.05) is 34.4 Å². The number of aromatic nitrogens is 4. The van der Waals surface area contributed by atoms with Crippen molar-refractivity contribution < 1.29 is 13.2 Å². The van der Waals surface area contributed by atoms with E-state index in [0.29, 0.717) is 5.56 Å². The Bertz CT molecular complexity index is 1300. The number of nitrogens with zero attached hydrogens (tertiary/aromatic N) is 3. The van der Waals surface area contributed by atoms with Gasteiger partial charge in [0.2, 0.25) is 0 Å². The summed E-state index contributed by atoms with van der Waals surface area (Å²) in [6.07, 6.45) is 1.53. The van der Waals surface area contributed by atoms with E-state index in [1.807, 2.05) is 18.2 Å². The summed E-state index contributed by atoms with van der Waals surface area (Å²) in [7, 11) is 0. The molecule has 1 aromatic carbocycles. The van der Waals surface area contributed by atoms with Gasteiger partial charge in [0.15, 0.2) is 5.69 Å². The van der Waals surface area contributed by atoms with Crippen LogP contribution in [0.1, 0.15) is 29.8 Å². The SMILES string of the molecule is O=c1cc(-c2ccc(C(F)(F)F)nn2)ccn1-c1ccc2c3c([nH]c2c1)CCCC3. The average molecular weight is 410 g/mol. The molecule has 0 bridgehead atoms. The van der Waals surface area contributed by atoms with Gasteiger partial charge in [0.1, 0.15) is 0 Å². The molecule has 3 aromatic heterocycles. The van der Waals surface area contributed by atoms with E-state index in [1.54, 1.807) is 12.3 Å². The van der Waals surface area contributed by atoms with Crippen LogP contribution in [-0.2, 0) is 19.0 Å². The highest BCUT2D eigenvalue weighted by atomic mass is 19.4. The van der Waals surface area contributed by atoms with Crippen LogP contribution in [0.3, 0.4) is 0 Å². The Morgan fingerprint density at radius 3 is 2.53 bits per heavy atom. The maximum absolute atomic E-state index is 12.7. The van der Waals surface area contributed by atoms with Crippen molar-refractivity contribution in [2.75, 3.05) is 0 Å². The lowest BCUT2D eigenvalue weighted by Crippen LogP contribution is -2.16. The van der Waals surface area contributed by atoms with Crippen LogP contribution in [0.5, 0.6) is 0 Å². The van der Waals surface area contributed by atoms with E-state index in [1.165, 1.54) is 46.2 Å². The van der Waals surface area contributed by atoms with Crippen LogP contribution in [-0.4, -0.2) is 19.7 Å². The highest BCUT2D eigenvalue weighted by Crippen LogP contribution is 2.30. The van der Waals surface area contributed by atoms with E-state index in [0.717, 1.165) is 30.1 Å². The third-order valence-corrected chi connectivity index (χ3v) is 5.53. The zero-order valence-electron chi connectivity index (χ0n) is 15.8. The molecule has 3 heterocycles. The topological polar surface area (TPSA) is 63.6 Å². The Morgan fingerprint density at radius 2 is 1.80 bits per heavy atom. The van der Waals surface area contributed by atoms with Crippen LogP contribution in [0, 0.1) is 0 Å². The second-order valence-corrected chi connectivity index (χ2v) is 7.44. The number of rotatable bonds is 2. The van der Waals surface area contributed by atoms with Crippen LogP contribution in [0.4, 0.5) is 13.2 Å². The van der Waals surface area contributed by atoms with Crippen molar-refractivity contribution >= 4 is 10.9 Å². The lowest BCUT2D eigenvalue weighted by molar-refractivity contribution is -0.141. The molecular weight excluding hydrogens is 393 g/mol. The van der Waals surface area contributed by atoms with E-state index >= 15 is 0 Å². The summed E-state index contributed by atoms with van der Waals surface area (Å²) in [5.41, 5.74) is 3.61. The van der Waals surface area contributed by atoms with E-state index in [2.05, 4.69) is 15.2 Å². The minimum absolute atomic E-state index is 0.208. The van der Waals surface area contributed by atoms with Crippen molar-refractivity contribution in [1.82, 2.24) is 19.7 Å². The number of aryl methyl sites for hydroxylation is 2. The van der Waals surface area contributed by atoms with E-state index in [9.17, 15) is 18.0 Å². The molecule has 1 aliphatic carbocycles. The Hall–Kier alpha value is -3.42. The molecule has 0 fully saturated rings. The van der Waals surface area contributed by atoms with Crippen molar-refractivity contribution in [2.24, 2.45) is 0 Å². The fraction of sp³-hybridized carbons (Fsp3) is 0.227. The molecule has 0 saturated heterocycles. The van der Waals surface area contributed by atoms with Gasteiger partial charge in [0.25, 0.3) is 5.56 Å². The van der Waals surface area contributed by atoms with Crippen molar-refractivity contribution in [3.8, 4) is 16.9 Å². The molecule has 0 spiro atoms. The van der Waals surface area contributed by atoms with Gasteiger partial charge in [-0.1, -0.05) is 6.07 Å². The highest BCUT2D eigenvalue weighted by molar-refractivity contribution is 5.86. The summed E-state index contributed by atoms with van der Waals surface area (Å²) in [5.74, 6) is 0. The van der Waals surface area contributed by atoms with Crippen molar-refractivity contribution in [1.29, 1.82) is 0 Å². The van der Waals surface area contributed by atoms with E-state index < -0.39 is 11.9 Å². The zero-order valence-corrected chi connectivity index (χ0v) is 15.8. The molecule has 0 saturated carbocycles. The lowest BCUT2D eigenvalue weighted by Gasteiger charge is -2.10. The number of pyridine rings is 1. The van der Waals surface area contributed by atoms with Gasteiger partial charge < -0.3 is 4.98 Å². The Morgan fingerprint density at radius 1 is 0.967 bits per heavy atom. The number of halogens is 3. The minimum Gasteiger partial charge on any atom is -0.358 e. The standard InChI is InChI=1S/C22H17F3N4O/c23-22(24,25)20-8-7-17(27-28-20)13-9-10-29(21(30)11-13)14-5-6-16-15-3-1-2-4-18(15)26-19(16)12-14/h5-12,26H,1-4H2. The molecule has 5 rings (SSSR count). The number of fused-ring (bicyclic) bond motifs is 3. The number of nitrogens with one attached hydrogen (secondary N) is 1. The molecule has 4 aromatic rings. The minimum atomic E-state index is -4.55. The normalized spacial score (nSPS) is 14.1. The number of benzene rings is 1. The Kier molecular flexibility index (Phi) is 4.23. The molecule has 0 atom stereocenters.